The highest BCUT2D eigenvalue weighted by molar-refractivity contribution is 6.03. The summed E-state index contributed by atoms with van der Waals surface area (Å²) < 4.78 is 0. The third kappa shape index (κ3) is 5.73. The van der Waals surface area contributed by atoms with Crippen LogP contribution in [0.25, 0.3) is 6.08 Å². The largest absolute Gasteiger partial charge is 0.354 e. The van der Waals surface area contributed by atoms with E-state index in [-0.39, 0.29) is 11.9 Å². The number of anilines is 1. The molecule has 6 N–H and O–H groups in total. The van der Waals surface area contributed by atoms with Gasteiger partial charge in [0.25, 0.3) is 5.91 Å². The predicted molar refractivity (Wildman–Crippen MR) is 122 cm³/mol. The van der Waals surface area contributed by atoms with Crippen LogP contribution in [-0.2, 0) is 12.0 Å². The van der Waals surface area contributed by atoms with Crippen molar-refractivity contribution in [3.05, 3.63) is 59.4 Å². The maximum absolute atomic E-state index is 12.5. The summed E-state index contributed by atoms with van der Waals surface area (Å²) in [5, 5.41) is 8.71. The zero-order chi connectivity index (χ0) is 22.5. The lowest BCUT2D eigenvalue weighted by molar-refractivity contribution is 0.102. The van der Waals surface area contributed by atoms with Crippen LogP contribution < -0.4 is 21.7 Å². The number of H-pyrrole nitrogens is 1. The van der Waals surface area contributed by atoms with Crippen LogP contribution in [0.15, 0.2) is 36.9 Å². The fourth-order valence-corrected chi connectivity index (χ4v) is 3.02. The molecule has 2 rings (SSSR count). The summed E-state index contributed by atoms with van der Waals surface area (Å²) in [6.45, 7) is 13.7. The molecule has 30 heavy (non-hydrogen) atoms. The highest BCUT2D eigenvalue weighted by Gasteiger charge is 2.26. The van der Waals surface area contributed by atoms with Crippen LogP contribution in [0.3, 0.4) is 0 Å². The van der Waals surface area contributed by atoms with Gasteiger partial charge in [-0.3, -0.25) is 4.79 Å². The minimum Gasteiger partial charge on any atom is -0.354 e. The Morgan fingerprint density at radius 3 is 2.27 bits per heavy atom. The first kappa shape index (κ1) is 23.2. The van der Waals surface area contributed by atoms with Gasteiger partial charge in [-0.15, -0.1) is 0 Å². The van der Waals surface area contributed by atoms with Crippen LogP contribution in [-0.4, -0.2) is 29.0 Å². The maximum Gasteiger partial charge on any atom is 0.315 e. The zero-order valence-electron chi connectivity index (χ0n) is 18.5. The van der Waals surface area contributed by atoms with Crippen LogP contribution in [0.4, 0.5) is 10.5 Å². The Hall–Kier alpha value is -3.06. The molecular formula is C23H33N5O2. The molecule has 0 bridgehead atoms. The second kappa shape index (κ2) is 9.17. The van der Waals surface area contributed by atoms with Crippen LogP contribution >= 0.6 is 0 Å². The number of amides is 3. The SMILES string of the molecule is C=Cc1cc(C(=O)Nc2ccc(C(C)(C)NC(=O)NC(C)(C)CN)cc2)[nH]c1CC. The number of urea groups is 1. The van der Waals surface area contributed by atoms with Crippen molar-refractivity contribution in [1.29, 1.82) is 0 Å². The molecule has 7 heteroatoms. The number of nitrogens with two attached hydrogens (primary N) is 1. The molecule has 0 aliphatic heterocycles. The predicted octanol–water partition coefficient (Wildman–Crippen LogP) is 3.74. The summed E-state index contributed by atoms with van der Waals surface area (Å²) >= 11 is 0. The number of benzene rings is 1. The van der Waals surface area contributed by atoms with Crippen LogP contribution in [0.1, 0.15) is 61.9 Å². The van der Waals surface area contributed by atoms with Crippen LogP contribution in [0.5, 0.6) is 0 Å². The second-order valence-corrected chi connectivity index (χ2v) is 8.50. The molecule has 162 valence electrons. The summed E-state index contributed by atoms with van der Waals surface area (Å²) in [6, 6.07) is 8.90. The normalized spacial score (nSPS) is 11.7. The number of aromatic amines is 1. The molecule has 0 spiro atoms. The van der Waals surface area contributed by atoms with E-state index in [1.807, 2.05) is 58.9 Å². The van der Waals surface area contributed by atoms with E-state index in [4.69, 9.17) is 5.73 Å². The Balaban J connectivity index is 2.06. The van der Waals surface area contributed by atoms with Crippen molar-refractivity contribution in [1.82, 2.24) is 15.6 Å². The lowest BCUT2D eigenvalue weighted by Gasteiger charge is -2.31. The van der Waals surface area contributed by atoms with Crippen molar-refractivity contribution in [3.63, 3.8) is 0 Å². The van der Waals surface area contributed by atoms with Gasteiger partial charge in [0.2, 0.25) is 0 Å². The van der Waals surface area contributed by atoms with E-state index in [0.29, 0.717) is 17.9 Å². The van der Waals surface area contributed by atoms with E-state index in [1.54, 1.807) is 12.1 Å². The van der Waals surface area contributed by atoms with Gasteiger partial charge in [0, 0.05) is 23.5 Å². The number of nitrogens with one attached hydrogen (secondary N) is 4. The van der Waals surface area contributed by atoms with Gasteiger partial charge < -0.3 is 26.7 Å². The smallest absolute Gasteiger partial charge is 0.315 e. The third-order valence-corrected chi connectivity index (χ3v) is 5.00. The summed E-state index contributed by atoms with van der Waals surface area (Å²) in [5.74, 6) is -0.216. The van der Waals surface area contributed by atoms with Gasteiger partial charge in [0.1, 0.15) is 5.69 Å². The zero-order valence-corrected chi connectivity index (χ0v) is 18.5. The van der Waals surface area contributed by atoms with Crippen molar-refractivity contribution >= 4 is 23.7 Å². The summed E-state index contributed by atoms with van der Waals surface area (Å²) in [6.07, 6.45) is 2.53. The average Bonchev–Trinajstić information content (AvgIpc) is 3.11. The number of carbonyl (C=O) groups excluding carboxylic acids is 2. The summed E-state index contributed by atoms with van der Waals surface area (Å²) in [5.41, 5.74) is 8.55. The van der Waals surface area contributed by atoms with Gasteiger partial charge in [-0.2, -0.15) is 0 Å². The first-order valence-electron chi connectivity index (χ1n) is 10.1. The molecule has 3 amide bonds. The third-order valence-electron chi connectivity index (χ3n) is 5.00. The van der Waals surface area contributed by atoms with Gasteiger partial charge in [-0.25, -0.2) is 4.79 Å². The Morgan fingerprint density at radius 2 is 1.77 bits per heavy atom. The Morgan fingerprint density at radius 1 is 1.13 bits per heavy atom. The van der Waals surface area contributed by atoms with Gasteiger partial charge in [0.05, 0.1) is 5.54 Å². The Kier molecular flexibility index (Phi) is 7.10. The standard InChI is InChI=1S/C23H33N5O2/c1-7-15-13-19(26-18(15)8-2)20(29)25-17-11-9-16(10-12-17)23(5,6)28-21(30)27-22(3,4)14-24/h7,9-13,26H,1,8,14,24H2,2-6H3,(H,25,29)(H2,27,28,30). The fourth-order valence-electron chi connectivity index (χ4n) is 3.02. The monoisotopic (exact) mass is 411 g/mol. The molecule has 0 unspecified atom stereocenters. The van der Waals surface area contributed by atoms with Gasteiger partial charge in [0.15, 0.2) is 0 Å². The molecule has 0 atom stereocenters. The van der Waals surface area contributed by atoms with E-state index < -0.39 is 11.1 Å². The molecule has 0 aliphatic rings. The van der Waals surface area contributed by atoms with Crippen LogP contribution in [0.2, 0.25) is 0 Å². The molecule has 7 nitrogen and oxygen atoms in total. The fraction of sp³-hybridized carbons (Fsp3) is 0.391. The highest BCUT2D eigenvalue weighted by atomic mass is 16.2. The summed E-state index contributed by atoms with van der Waals surface area (Å²) in [4.78, 5) is 28.0. The number of aromatic nitrogens is 1. The molecule has 0 saturated heterocycles. The number of hydrogen-bond donors (Lipinski definition) is 5. The second-order valence-electron chi connectivity index (χ2n) is 8.50. The first-order chi connectivity index (χ1) is 14.0. The van der Waals surface area contributed by atoms with Crippen molar-refractivity contribution in [2.45, 2.75) is 52.1 Å². The molecule has 1 aromatic heterocycles. The molecule has 2 aromatic rings. The maximum atomic E-state index is 12.5. The number of hydrogen-bond acceptors (Lipinski definition) is 3. The molecule has 1 aromatic carbocycles. The molecule has 0 aliphatic carbocycles. The Bertz CT molecular complexity index is 910. The number of aryl methyl sites for hydroxylation is 1. The minimum atomic E-state index is -0.606. The molecule has 1 heterocycles. The van der Waals surface area contributed by atoms with Crippen molar-refractivity contribution < 1.29 is 9.59 Å². The van der Waals surface area contributed by atoms with Crippen molar-refractivity contribution in [2.24, 2.45) is 5.73 Å². The molecule has 0 radical (unpaired) electrons. The highest BCUT2D eigenvalue weighted by Crippen LogP contribution is 2.23. The quantitative estimate of drug-likeness (QED) is 0.456. The van der Waals surface area contributed by atoms with Gasteiger partial charge >= 0.3 is 6.03 Å². The topological polar surface area (TPSA) is 112 Å². The van der Waals surface area contributed by atoms with Crippen molar-refractivity contribution in [2.75, 3.05) is 11.9 Å². The van der Waals surface area contributed by atoms with E-state index in [0.717, 1.165) is 23.2 Å². The van der Waals surface area contributed by atoms with E-state index in [1.165, 1.54) is 0 Å². The van der Waals surface area contributed by atoms with E-state index >= 15 is 0 Å². The summed E-state index contributed by atoms with van der Waals surface area (Å²) in [7, 11) is 0. The van der Waals surface area contributed by atoms with Crippen LogP contribution in [0, 0.1) is 0 Å². The number of carbonyl (C=O) groups is 2. The van der Waals surface area contributed by atoms with E-state index in [9.17, 15) is 9.59 Å². The first-order valence-corrected chi connectivity index (χ1v) is 10.1. The lowest BCUT2D eigenvalue weighted by atomic mass is 9.94. The molecule has 0 saturated carbocycles. The number of rotatable bonds is 8. The van der Waals surface area contributed by atoms with Gasteiger partial charge in [-0.1, -0.05) is 31.7 Å². The van der Waals surface area contributed by atoms with E-state index in [2.05, 4.69) is 27.5 Å². The average molecular weight is 412 g/mol. The lowest BCUT2D eigenvalue weighted by Crippen LogP contribution is -2.55. The van der Waals surface area contributed by atoms with Gasteiger partial charge in [-0.05, 0) is 63.4 Å². The minimum absolute atomic E-state index is 0.216. The molecular weight excluding hydrogens is 378 g/mol. The molecule has 0 fully saturated rings. The van der Waals surface area contributed by atoms with Crippen molar-refractivity contribution in [3.8, 4) is 0 Å². The Labute approximate surface area is 178 Å².